The van der Waals surface area contributed by atoms with Gasteiger partial charge in [0, 0.05) is 17.4 Å². The van der Waals surface area contributed by atoms with Crippen molar-refractivity contribution in [2.75, 3.05) is 5.32 Å². The Morgan fingerprint density at radius 3 is 2.43 bits per heavy atom. The molecule has 0 spiro atoms. The third-order valence-electron chi connectivity index (χ3n) is 6.69. The van der Waals surface area contributed by atoms with E-state index in [1.807, 2.05) is 30.3 Å². The number of hydrogen-bond donors (Lipinski definition) is 1. The van der Waals surface area contributed by atoms with Crippen molar-refractivity contribution in [2.45, 2.75) is 50.3 Å². The lowest BCUT2D eigenvalue weighted by atomic mass is 9.49. The quantitative estimate of drug-likeness (QED) is 0.528. The zero-order valence-electron chi connectivity index (χ0n) is 15.8. The standard InChI is InChI=1S/C22H23ClN2O2S/c1-13(26)18-17(16-5-3-2-4-6-16)24-20(28-18)25-19(27)21-8-14-7-15(9-21)11-22(23,10-14)12-21/h2-6,14-15H,7-12H2,1H3,(H,24,25,27)/t14-,15+,21?,22?. The monoisotopic (exact) mass is 414 g/mol. The van der Waals surface area contributed by atoms with Crippen molar-refractivity contribution in [1.82, 2.24) is 4.98 Å². The number of alkyl halides is 1. The first-order chi connectivity index (χ1) is 13.4. The van der Waals surface area contributed by atoms with E-state index in [9.17, 15) is 9.59 Å². The molecule has 4 aliphatic rings. The lowest BCUT2D eigenvalue weighted by molar-refractivity contribution is -0.138. The number of carbonyl (C=O) groups is 2. The highest BCUT2D eigenvalue weighted by Gasteiger charge is 2.60. The SMILES string of the molecule is CC(=O)c1sc(NC(=O)C23C[C@@H]4C[C@@H](CC(Cl)(C4)C2)C3)nc1-c1ccccc1. The average Bonchev–Trinajstić information content (AvgIpc) is 3.04. The van der Waals surface area contributed by atoms with Gasteiger partial charge in [0.25, 0.3) is 0 Å². The molecule has 4 saturated carbocycles. The van der Waals surface area contributed by atoms with Gasteiger partial charge in [-0.2, -0.15) is 0 Å². The van der Waals surface area contributed by atoms with E-state index in [2.05, 4.69) is 10.3 Å². The van der Waals surface area contributed by atoms with Gasteiger partial charge in [-0.25, -0.2) is 4.98 Å². The number of rotatable bonds is 4. The molecule has 6 heteroatoms. The first-order valence-electron chi connectivity index (χ1n) is 9.93. The van der Waals surface area contributed by atoms with E-state index in [1.165, 1.54) is 17.8 Å². The summed E-state index contributed by atoms with van der Waals surface area (Å²) < 4.78 is 0. The van der Waals surface area contributed by atoms with E-state index in [-0.39, 0.29) is 22.0 Å². The summed E-state index contributed by atoms with van der Waals surface area (Å²) in [5, 5.41) is 3.57. The molecule has 1 heterocycles. The van der Waals surface area contributed by atoms with E-state index >= 15 is 0 Å². The molecule has 6 rings (SSSR count). The number of ketones is 1. The highest BCUT2D eigenvalue weighted by molar-refractivity contribution is 7.18. The number of benzene rings is 1. The molecule has 4 bridgehead atoms. The zero-order chi connectivity index (χ0) is 19.5. The van der Waals surface area contributed by atoms with Crippen LogP contribution < -0.4 is 5.32 Å². The molecule has 1 aromatic carbocycles. The maximum absolute atomic E-state index is 13.3. The molecule has 2 unspecified atom stereocenters. The number of Topliss-reactive ketones (excluding diaryl/α,β-unsaturated/α-hetero) is 1. The molecule has 4 nitrogen and oxygen atoms in total. The minimum Gasteiger partial charge on any atom is -0.301 e. The molecule has 1 aromatic heterocycles. The number of amides is 1. The predicted molar refractivity (Wildman–Crippen MR) is 112 cm³/mol. The Morgan fingerprint density at radius 1 is 1.14 bits per heavy atom. The van der Waals surface area contributed by atoms with Gasteiger partial charge in [0.1, 0.15) is 0 Å². The van der Waals surface area contributed by atoms with Crippen LogP contribution in [0.25, 0.3) is 11.3 Å². The fourth-order valence-electron chi connectivity index (χ4n) is 6.05. The zero-order valence-corrected chi connectivity index (χ0v) is 17.4. The Morgan fingerprint density at radius 2 is 1.82 bits per heavy atom. The van der Waals surface area contributed by atoms with E-state index < -0.39 is 0 Å². The van der Waals surface area contributed by atoms with Crippen LogP contribution in [-0.4, -0.2) is 21.5 Å². The molecule has 2 aromatic rings. The van der Waals surface area contributed by atoms with Gasteiger partial charge in [0.2, 0.25) is 5.91 Å². The summed E-state index contributed by atoms with van der Waals surface area (Å²) in [4.78, 5) is 30.5. The maximum Gasteiger partial charge on any atom is 0.232 e. The predicted octanol–water partition coefficient (Wildman–Crippen LogP) is 5.53. The Kier molecular flexibility index (Phi) is 4.18. The van der Waals surface area contributed by atoms with Gasteiger partial charge >= 0.3 is 0 Å². The van der Waals surface area contributed by atoms with Crippen molar-refractivity contribution >= 4 is 39.8 Å². The van der Waals surface area contributed by atoms with Crippen molar-refractivity contribution in [3.05, 3.63) is 35.2 Å². The van der Waals surface area contributed by atoms with Crippen LogP contribution in [0.2, 0.25) is 0 Å². The number of anilines is 1. The van der Waals surface area contributed by atoms with Gasteiger partial charge < -0.3 is 5.32 Å². The van der Waals surface area contributed by atoms with E-state index in [1.54, 1.807) is 6.92 Å². The highest BCUT2D eigenvalue weighted by atomic mass is 35.5. The van der Waals surface area contributed by atoms with E-state index in [0.717, 1.165) is 37.7 Å². The average molecular weight is 415 g/mol. The Bertz CT molecular complexity index is 941. The molecule has 4 atom stereocenters. The van der Waals surface area contributed by atoms with Crippen molar-refractivity contribution in [1.29, 1.82) is 0 Å². The van der Waals surface area contributed by atoms with Crippen LogP contribution in [-0.2, 0) is 4.79 Å². The van der Waals surface area contributed by atoms with Crippen LogP contribution in [0.4, 0.5) is 5.13 Å². The normalized spacial score (nSPS) is 33.1. The first-order valence-corrected chi connectivity index (χ1v) is 11.1. The fraction of sp³-hybridized carbons (Fsp3) is 0.500. The van der Waals surface area contributed by atoms with Crippen LogP contribution in [0.5, 0.6) is 0 Å². The van der Waals surface area contributed by atoms with Crippen LogP contribution in [0.1, 0.15) is 55.1 Å². The molecule has 28 heavy (non-hydrogen) atoms. The Hall–Kier alpha value is -1.72. The van der Waals surface area contributed by atoms with Gasteiger partial charge in [-0.15, -0.1) is 11.6 Å². The van der Waals surface area contributed by atoms with Gasteiger partial charge in [-0.3, -0.25) is 9.59 Å². The highest BCUT2D eigenvalue weighted by Crippen LogP contribution is 2.64. The number of carbonyl (C=O) groups excluding carboxylic acids is 2. The number of nitrogens with zero attached hydrogens (tertiary/aromatic N) is 1. The summed E-state index contributed by atoms with van der Waals surface area (Å²) >= 11 is 8.15. The second-order valence-electron chi connectivity index (χ2n) is 8.97. The number of thiazole rings is 1. The van der Waals surface area contributed by atoms with Crippen LogP contribution in [0, 0.1) is 17.3 Å². The van der Waals surface area contributed by atoms with E-state index in [4.69, 9.17) is 11.6 Å². The fourth-order valence-corrected chi connectivity index (χ4v) is 7.62. The van der Waals surface area contributed by atoms with Crippen molar-refractivity contribution < 1.29 is 9.59 Å². The molecular weight excluding hydrogens is 392 g/mol. The molecule has 1 N–H and O–H groups in total. The van der Waals surface area contributed by atoms with Crippen LogP contribution in [0.15, 0.2) is 30.3 Å². The van der Waals surface area contributed by atoms with Gasteiger partial charge in [0.15, 0.2) is 10.9 Å². The van der Waals surface area contributed by atoms with Crippen LogP contribution in [0.3, 0.4) is 0 Å². The maximum atomic E-state index is 13.3. The largest absolute Gasteiger partial charge is 0.301 e. The molecule has 4 fully saturated rings. The third-order valence-corrected chi connectivity index (χ3v) is 8.20. The minimum absolute atomic E-state index is 0.0358. The molecule has 146 valence electrons. The van der Waals surface area contributed by atoms with Crippen molar-refractivity contribution in [2.24, 2.45) is 17.3 Å². The second kappa shape index (κ2) is 6.39. The number of aromatic nitrogens is 1. The Labute approximate surface area is 173 Å². The van der Waals surface area contributed by atoms with Crippen molar-refractivity contribution in [3.8, 4) is 11.3 Å². The second-order valence-corrected chi connectivity index (χ2v) is 10.8. The van der Waals surface area contributed by atoms with Crippen LogP contribution >= 0.6 is 22.9 Å². The molecule has 0 aliphatic heterocycles. The summed E-state index contributed by atoms with van der Waals surface area (Å²) in [7, 11) is 0. The molecule has 4 aliphatic carbocycles. The number of hydrogen-bond acceptors (Lipinski definition) is 4. The summed E-state index contributed by atoms with van der Waals surface area (Å²) in [6.45, 7) is 1.54. The molecule has 1 amide bonds. The molecular formula is C22H23ClN2O2S. The topological polar surface area (TPSA) is 59.1 Å². The molecule has 0 saturated heterocycles. The smallest absolute Gasteiger partial charge is 0.232 e. The van der Waals surface area contributed by atoms with Gasteiger partial charge in [-0.05, 0) is 50.4 Å². The third kappa shape index (κ3) is 3.00. The number of halogens is 1. The van der Waals surface area contributed by atoms with E-state index in [0.29, 0.717) is 27.5 Å². The number of nitrogens with one attached hydrogen (secondary N) is 1. The minimum atomic E-state index is -0.374. The summed E-state index contributed by atoms with van der Waals surface area (Å²) in [6.07, 6.45) is 5.93. The summed E-state index contributed by atoms with van der Waals surface area (Å²) in [6, 6.07) is 9.65. The summed E-state index contributed by atoms with van der Waals surface area (Å²) in [5.74, 6) is 1.13. The molecule has 0 radical (unpaired) electrons. The van der Waals surface area contributed by atoms with Crippen molar-refractivity contribution in [3.63, 3.8) is 0 Å². The summed E-state index contributed by atoms with van der Waals surface area (Å²) in [5.41, 5.74) is 1.16. The lowest BCUT2D eigenvalue weighted by Crippen LogP contribution is -2.57. The van der Waals surface area contributed by atoms with Gasteiger partial charge in [0.05, 0.1) is 16.0 Å². The Balaban J connectivity index is 1.44. The lowest BCUT2D eigenvalue weighted by Gasteiger charge is -2.59. The first kappa shape index (κ1) is 18.3. The van der Waals surface area contributed by atoms with Gasteiger partial charge in [-0.1, -0.05) is 41.7 Å².